The summed E-state index contributed by atoms with van der Waals surface area (Å²) in [5.74, 6) is -0.765. The molecule has 0 aliphatic carbocycles. The fourth-order valence-electron chi connectivity index (χ4n) is 3.70. The van der Waals surface area contributed by atoms with Crippen molar-refractivity contribution in [3.8, 4) is 0 Å². The number of carbonyl (C=O) groups excluding carboxylic acids is 3. The molecule has 3 aliphatic rings. The Labute approximate surface area is 159 Å². The highest BCUT2D eigenvalue weighted by Gasteiger charge is 2.44. The van der Waals surface area contributed by atoms with Crippen LogP contribution in [0.15, 0.2) is 18.2 Å². The number of anilines is 1. The maximum Gasteiger partial charge on any atom is 0.256 e. The molecule has 2 unspecified atom stereocenters. The molecule has 3 aliphatic heterocycles. The first kappa shape index (κ1) is 16.8. The van der Waals surface area contributed by atoms with Crippen LogP contribution in [-0.2, 0) is 9.59 Å². The number of rotatable bonds is 2. The molecular weight excluding hydrogens is 435 g/mol. The first-order valence-corrected chi connectivity index (χ1v) is 9.71. The van der Waals surface area contributed by atoms with Crippen LogP contribution in [0.2, 0.25) is 0 Å². The third-order valence-corrected chi connectivity index (χ3v) is 6.30. The molecule has 0 bridgehead atoms. The molecule has 8 heteroatoms. The van der Waals surface area contributed by atoms with Crippen LogP contribution in [0.25, 0.3) is 0 Å². The van der Waals surface area contributed by atoms with Gasteiger partial charge < -0.3 is 15.1 Å². The Morgan fingerprint density at radius 1 is 1.12 bits per heavy atom. The molecule has 2 saturated heterocycles. The molecule has 0 saturated carbocycles. The van der Waals surface area contributed by atoms with Gasteiger partial charge in [-0.05, 0) is 24.1 Å². The van der Waals surface area contributed by atoms with E-state index in [4.69, 9.17) is 0 Å². The second kappa shape index (κ2) is 6.56. The highest BCUT2D eigenvalue weighted by molar-refractivity contribution is 14.1. The average Bonchev–Trinajstić information content (AvgIpc) is 2.87. The molecule has 3 heterocycles. The second-order valence-electron chi connectivity index (χ2n) is 6.52. The van der Waals surface area contributed by atoms with Crippen LogP contribution in [0, 0.1) is 0 Å². The van der Waals surface area contributed by atoms with E-state index in [9.17, 15) is 14.4 Å². The van der Waals surface area contributed by atoms with Crippen molar-refractivity contribution in [1.82, 2.24) is 15.5 Å². The number of alkyl halides is 1. The zero-order chi connectivity index (χ0) is 17.6. The minimum Gasteiger partial charge on any atom is -0.369 e. The Balaban J connectivity index is 1.62. The van der Waals surface area contributed by atoms with Gasteiger partial charge in [0.1, 0.15) is 10.1 Å². The van der Waals surface area contributed by atoms with Crippen LogP contribution in [0.5, 0.6) is 0 Å². The van der Waals surface area contributed by atoms with Crippen LogP contribution in [0.4, 0.5) is 5.69 Å². The first-order valence-electron chi connectivity index (χ1n) is 8.46. The second-order valence-corrected chi connectivity index (χ2v) is 7.70. The maximum atomic E-state index is 13.0. The highest BCUT2D eigenvalue weighted by atomic mass is 127. The van der Waals surface area contributed by atoms with E-state index in [1.54, 1.807) is 4.90 Å². The summed E-state index contributed by atoms with van der Waals surface area (Å²) in [5.41, 5.74) is 2.65. The van der Waals surface area contributed by atoms with Gasteiger partial charge in [0.25, 0.3) is 5.91 Å². The predicted molar refractivity (Wildman–Crippen MR) is 101 cm³/mol. The number of piperazine rings is 1. The Morgan fingerprint density at radius 2 is 1.88 bits per heavy atom. The number of piperidine rings is 1. The molecule has 0 aromatic heterocycles. The van der Waals surface area contributed by atoms with Crippen molar-refractivity contribution < 1.29 is 14.4 Å². The summed E-state index contributed by atoms with van der Waals surface area (Å²) in [4.78, 5) is 40.5. The van der Waals surface area contributed by atoms with Gasteiger partial charge in [0.2, 0.25) is 11.8 Å². The number of benzene rings is 1. The molecule has 132 valence electrons. The molecule has 25 heavy (non-hydrogen) atoms. The van der Waals surface area contributed by atoms with E-state index < -0.39 is 6.04 Å². The van der Waals surface area contributed by atoms with Crippen molar-refractivity contribution in [3.05, 3.63) is 29.3 Å². The summed E-state index contributed by atoms with van der Waals surface area (Å²) >= 11 is 2.20. The average molecular weight is 454 g/mol. The number of nitrogens with zero attached hydrogens (tertiary/aromatic N) is 2. The lowest BCUT2D eigenvalue weighted by Gasteiger charge is -2.32. The topological polar surface area (TPSA) is 81.8 Å². The minimum atomic E-state index is -0.581. The molecule has 7 nitrogen and oxygen atoms in total. The molecule has 4 rings (SSSR count). The maximum absolute atomic E-state index is 13.0. The third-order valence-electron chi connectivity index (χ3n) is 5.03. The van der Waals surface area contributed by atoms with Gasteiger partial charge in [-0.15, -0.1) is 0 Å². The van der Waals surface area contributed by atoms with Gasteiger partial charge in [-0.3, -0.25) is 19.7 Å². The number of hydrogen-bond acceptors (Lipinski definition) is 5. The van der Waals surface area contributed by atoms with E-state index in [0.717, 1.165) is 37.4 Å². The summed E-state index contributed by atoms with van der Waals surface area (Å²) in [6.07, 6.45) is 0.653. The van der Waals surface area contributed by atoms with Gasteiger partial charge in [-0.1, -0.05) is 28.7 Å². The van der Waals surface area contributed by atoms with Gasteiger partial charge in [0, 0.05) is 43.9 Å². The first-order chi connectivity index (χ1) is 12.1. The SMILES string of the molecule is O=C1CCC(N2C(=O)c3cc(N4CCNCC4)ccc3C2I)C(=O)N1. The summed E-state index contributed by atoms with van der Waals surface area (Å²) in [7, 11) is 0. The van der Waals surface area contributed by atoms with Crippen LogP contribution < -0.4 is 15.5 Å². The molecule has 0 radical (unpaired) electrons. The molecule has 2 fully saturated rings. The third kappa shape index (κ3) is 2.91. The van der Waals surface area contributed by atoms with Crippen molar-refractivity contribution in [2.75, 3.05) is 31.1 Å². The zero-order valence-electron chi connectivity index (χ0n) is 13.6. The van der Waals surface area contributed by atoms with Crippen LogP contribution in [0.3, 0.4) is 0 Å². The van der Waals surface area contributed by atoms with Crippen molar-refractivity contribution in [2.45, 2.75) is 22.9 Å². The van der Waals surface area contributed by atoms with Gasteiger partial charge in [-0.25, -0.2) is 0 Å². The minimum absolute atomic E-state index is 0.124. The van der Waals surface area contributed by atoms with E-state index in [0.29, 0.717) is 12.0 Å². The predicted octanol–water partition coefficient (Wildman–Crippen LogP) is 0.791. The summed E-state index contributed by atoms with van der Waals surface area (Å²) in [6, 6.07) is 5.41. The van der Waals surface area contributed by atoms with Crippen LogP contribution >= 0.6 is 22.6 Å². The van der Waals surface area contributed by atoms with E-state index >= 15 is 0 Å². The largest absolute Gasteiger partial charge is 0.369 e. The van der Waals surface area contributed by atoms with Gasteiger partial charge in [0.15, 0.2) is 0 Å². The lowest BCUT2D eigenvalue weighted by Crippen LogP contribution is -2.52. The summed E-state index contributed by atoms with van der Waals surface area (Å²) in [5, 5.41) is 5.67. The van der Waals surface area contributed by atoms with E-state index in [1.807, 2.05) is 12.1 Å². The van der Waals surface area contributed by atoms with Crippen molar-refractivity contribution in [1.29, 1.82) is 0 Å². The molecule has 0 spiro atoms. The van der Waals surface area contributed by atoms with Crippen molar-refractivity contribution in [2.24, 2.45) is 0 Å². The fourth-order valence-corrected chi connectivity index (χ4v) is 4.88. The number of amides is 3. The number of hydrogen-bond donors (Lipinski definition) is 2. The molecule has 2 N–H and O–H groups in total. The molecule has 1 aromatic carbocycles. The smallest absolute Gasteiger partial charge is 0.256 e. The Hall–Kier alpha value is -1.68. The Bertz CT molecular complexity index is 747. The number of halogens is 1. The lowest BCUT2D eigenvalue weighted by molar-refractivity contribution is -0.136. The van der Waals surface area contributed by atoms with E-state index in [1.165, 1.54) is 0 Å². The van der Waals surface area contributed by atoms with E-state index in [-0.39, 0.29) is 28.2 Å². The number of imide groups is 1. The Kier molecular flexibility index (Phi) is 4.40. The Morgan fingerprint density at radius 3 is 2.60 bits per heavy atom. The van der Waals surface area contributed by atoms with Crippen LogP contribution in [0.1, 0.15) is 32.8 Å². The zero-order valence-corrected chi connectivity index (χ0v) is 15.8. The highest BCUT2D eigenvalue weighted by Crippen LogP contribution is 2.42. The fraction of sp³-hybridized carbons (Fsp3) is 0.471. The molecule has 2 atom stereocenters. The van der Waals surface area contributed by atoms with Gasteiger partial charge >= 0.3 is 0 Å². The van der Waals surface area contributed by atoms with Crippen molar-refractivity contribution >= 4 is 46.0 Å². The van der Waals surface area contributed by atoms with Crippen LogP contribution in [-0.4, -0.2) is 54.8 Å². The van der Waals surface area contributed by atoms with Gasteiger partial charge in [0.05, 0.1) is 0 Å². The lowest BCUT2D eigenvalue weighted by atomic mass is 10.0. The number of carbonyl (C=O) groups is 3. The van der Waals surface area contributed by atoms with Crippen molar-refractivity contribution in [3.63, 3.8) is 0 Å². The molecular formula is C17H19IN4O3. The molecule has 1 aromatic rings. The normalized spacial score (nSPS) is 26.7. The monoisotopic (exact) mass is 454 g/mol. The molecule has 3 amide bonds. The van der Waals surface area contributed by atoms with Gasteiger partial charge in [-0.2, -0.15) is 0 Å². The number of nitrogens with one attached hydrogen (secondary N) is 2. The summed E-state index contributed by atoms with van der Waals surface area (Å²) < 4.78 is -0.193. The quantitative estimate of drug-likeness (QED) is 0.299. The number of fused-ring (bicyclic) bond motifs is 1. The standard InChI is InChI=1S/C17H19IN4O3/c18-15-11-2-1-10(21-7-5-19-6-8-21)9-12(11)17(25)22(15)13-3-4-14(23)20-16(13)24/h1-2,9,13,15,19H,3-8H2,(H,20,23,24). The summed E-state index contributed by atoms with van der Waals surface area (Å²) in [6.45, 7) is 3.69. The van der Waals surface area contributed by atoms with E-state index in [2.05, 4.69) is 44.2 Å².